The number of nitrogens with two attached hydrogens (primary N) is 1. The third-order valence-corrected chi connectivity index (χ3v) is 2.97. The summed E-state index contributed by atoms with van der Waals surface area (Å²) in [5, 5.41) is 2.85. The third kappa shape index (κ3) is 3.01. The molecule has 0 aromatic heterocycles. The largest absolute Gasteiger partial charge is 0.389 e. The molecule has 0 aliphatic carbocycles. The molecule has 0 saturated carbocycles. The number of ether oxygens (including phenoxy) is 1. The van der Waals surface area contributed by atoms with Crippen molar-refractivity contribution in [3.05, 3.63) is 29.8 Å². The van der Waals surface area contributed by atoms with Crippen LogP contribution >= 0.6 is 12.2 Å². The first-order valence-electron chi connectivity index (χ1n) is 5.45. The van der Waals surface area contributed by atoms with Gasteiger partial charge >= 0.3 is 0 Å². The van der Waals surface area contributed by atoms with Crippen LogP contribution in [0, 0.1) is 5.92 Å². The number of nitrogens with one attached hydrogen (secondary N) is 1. The Bertz CT molecular complexity index is 425. The van der Waals surface area contributed by atoms with Crippen LogP contribution in [0.5, 0.6) is 0 Å². The molecular formula is C12H14N2O2S. The molecule has 0 radical (unpaired) electrons. The molecule has 1 aliphatic rings. The van der Waals surface area contributed by atoms with Crippen molar-refractivity contribution in [2.45, 2.75) is 6.42 Å². The molecule has 0 bridgehead atoms. The van der Waals surface area contributed by atoms with E-state index in [0.717, 1.165) is 17.7 Å². The van der Waals surface area contributed by atoms with Crippen molar-refractivity contribution in [3.63, 3.8) is 0 Å². The van der Waals surface area contributed by atoms with Gasteiger partial charge < -0.3 is 15.8 Å². The second kappa shape index (κ2) is 5.25. The van der Waals surface area contributed by atoms with E-state index in [-0.39, 0.29) is 11.8 Å². The highest BCUT2D eigenvalue weighted by Crippen LogP contribution is 2.16. The number of anilines is 1. The van der Waals surface area contributed by atoms with Gasteiger partial charge in [0.2, 0.25) is 5.91 Å². The van der Waals surface area contributed by atoms with Crippen LogP contribution in [-0.2, 0) is 9.53 Å². The molecule has 1 heterocycles. The lowest BCUT2D eigenvalue weighted by Crippen LogP contribution is -2.22. The Hall–Kier alpha value is -1.46. The van der Waals surface area contributed by atoms with Crippen molar-refractivity contribution >= 4 is 28.8 Å². The van der Waals surface area contributed by atoms with E-state index in [4.69, 9.17) is 22.7 Å². The Balaban J connectivity index is 1.98. The maximum Gasteiger partial charge on any atom is 0.229 e. The van der Waals surface area contributed by atoms with Crippen molar-refractivity contribution < 1.29 is 9.53 Å². The van der Waals surface area contributed by atoms with E-state index in [1.807, 2.05) is 0 Å². The minimum Gasteiger partial charge on any atom is -0.389 e. The Kier molecular flexibility index (Phi) is 3.71. The van der Waals surface area contributed by atoms with Gasteiger partial charge in [-0.05, 0) is 30.7 Å². The average Bonchev–Trinajstić information content (AvgIpc) is 2.83. The Morgan fingerprint density at radius 2 is 2.12 bits per heavy atom. The highest BCUT2D eigenvalue weighted by atomic mass is 32.1. The predicted octanol–water partition coefficient (Wildman–Crippen LogP) is 1.30. The van der Waals surface area contributed by atoms with Crippen molar-refractivity contribution in [2.75, 3.05) is 18.5 Å². The van der Waals surface area contributed by atoms with E-state index in [0.29, 0.717) is 18.2 Å². The summed E-state index contributed by atoms with van der Waals surface area (Å²) in [5.41, 5.74) is 7.04. The molecule has 1 aliphatic heterocycles. The predicted molar refractivity (Wildman–Crippen MR) is 69.9 cm³/mol. The highest BCUT2D eigenvalue weighted by Gasteiger charge is 2.23. The van der Waals surface area contributed by atoms with Gasteiger partial charge in [-0.15, -0.1) is 0 Å². The number of hydrogen-bond donors (Lipinski definition) is 2. The summed E-state index contributed by atoms with van der Waals surface area (Å²) < 4.78 is 5.17. The standard InChI is InChI=1S/C12H14N2O2S/c13-11(17)8-1-3-10(4-2-8)14-12(15)9-5-6-16-7-9/h1-4,9H,5-7H2,(H2,13,17)(H,14,15). The summed E-state index contributed by atoms with van der Waals surface area (Å²) in [6, 6.07) is 7.18. The first-order chi connectivity index (χ1) is 8.16. The summed E-state index contributed by atoms with van der Waals surface area (Å²) >= 11 is 4.85. The molecule has 3 N–H and O–H groups in total. The molecule has 4 nitrogen and oxygen atoms in total. The molecule has 1 aromatic rings. The molecule has 1 fully saturated rings. The summed E-state index contributed by atoms with van der Waals surface area (Å²) in [6.07, 6.45) is 0.788. The van der Waals surface area contributed by atoms with Gasteiger partial charge in [-0.3, -0.25) is 4.79 Å². The molecule has 1 aromatic carbocycles. The van der Waals surface area contributed by atoms with Crippen LogP contribution in [0.3, 0.4) is 0 Å². The maximum atomic E-state index is 11.8. The normalized spacial score (nSPS) is 18.9. The van der Waals surface area contributed by atoms with Crippen molar-refractivity contribution in [2.24, 2.45) is 11.7 Å². The van der Waals surface area contributed by atoms with Crippen LogP contribution in [-0.4, -0.2) is 24.1 Å². The average molecular weight is 250 g/mol. The summed E-state index contributed by atoms with van der Waals surface area (Å²) in [7, 11) is 0. The zero-order valence-electron chi connectivity index (χ0n) is 9.31. The lowest BCUT2D eigenvalue weighted by atomic mass is 10.1. The maximum absolute atomic E-state index is 11.8. The van der Waals surface area contributed by atoms with Gasteiger partial charge in [-0.2, -0.15) is 0 Å². The van der Waals surface area contributed by atoms with Gasteiger partial charge in [0.1, 0.15) is 4.99 Å². The number of hydrogen-bond acceptors (Lipinski definition) is 3. The summed E-state index contributed by atoms with van der Waals surface area (Å²) in [5.74, 6) is -0.0316. The first kappa shape index (κ1) is 12.0. The molecule has 1 atom stereocenters. The zero-order chi connectivity index (χ0) is 12.3. The molecular weight excluding hydrogens is 236 g/mol. The van der Waals surface area contributed by atoms with Crippen LogP contribution < -0.4 is 11.1 Å². The van der Waals surface area contributed by atoms with Crippen LogP contribution in [0.2, 0.25) is 0 Å². The molecule has 90 valence electrons. The molecule has 2 rings (SSSR count). The third-order valence-electron chi connectivity index (χ3n) is 2.74. The van der Waals surface area contributed by atoms with E-state index in [1.54, 1.807) is 24.3 Å². The summed E-state index contributed by atoms with van der Waals surface area (Å²) in [4.78, 5) is 12.1. The van der Waals surface area contributed by atoms with Gasteiger partial charge in [0, 0.05) is 17.9 Å². The van der Waals surface area contributed by atoms with Crippen LogP contribution in [0.1, 0.15) is 12.0 Å². The number of amides is 1. The lowest BCUT2D eigenvalue weighted by molar-refractivity contribution is -0.119. The number of carbonyl (C=O) groups excluding carboxylic acids is 1. The molecule has 17 heavy (non-hydrogen) atoms. The summed E-state index contributed by atoms with van der Waals surface area (Å²) in [6.45, 7) is 1.18. The van der Waals surface area contributed by atoms with Crippen LogP contribution in [0.25, 0.3) is 0 Å². The SMILES string of the molecule is NC(=S)c1ccc(NC(=O)C2CCOC2)cc1. The Labute approximate surface area is 105 Å². The first-order valence-corrected chi connectivity index (χ1v) is 5.86. The zero-order valence-corrected chi connectivity index (χ0v) is 10.1. The Morgan fingerprint density at radius 1 is 1.41 bits per heavy atom. The minimum absolute atomic E-state index is 0.00516. The number of benzene rings is 1. The van der Waals surface area contributed by atoms with E-state index in [1.165, 1.54) is 0 Å². The monoisotopic (exact) mass is 250 g/mol. The van der Waals surface area contributed by atoms with Gasteiger partial charge in [0.05, 0.1) is 12.5 Å². The number of rotatable bonds is 3. The lowest BCUT2D eigenvalue weighted by Gasteiger charge is -2.09. The smallest absolute Gasteiger partial charge is 0.229 e. The van der Waals surface area contributed by atoms with E-state index in [2.05, 4.69) is 5.32 Å². The van der Waals surface area contributed by atoms with Crippen molar-refractivity contribution in [1.82, 2.24) is 0 Å². The van der Waals surface area contributed by atoms with Crippen molar-refractivity contribution in [1.29, 1.82) is 0 Å². The quantitative estimate of drug-likeness (QED) is 0.794. The Morgan fingerprint density at radius 3 is 2.65 bits per heavy atom. The van der Waals surface area contributed by atoms with Crippen LogP contribution in [0.15, 0.2) is 24.3 Å². The van der Waals surface area contributed by atoms with E-state index in [9.17, 15) is 4.79 Å². The minimum atomic E-state index is -0.0368. The topological polar surface area (TPSA) is 64.3 Å². The fraction of sp³-hybridized carbons (Fsp3) is 0.333. The van der Waals surface area contributed by atoms with Gasteiger partial charge in [0.15, 0.2) is 0 Å². The van der Waals surface area contributed by atoms with Crippen molar-refractivity contribution in [3.8, 4) is 0 Å². The van der Waals surface area contributed by atoms with E-state index < -0.39 is 0 Å². The highest BCUT2D eigenvalue weighted by molar-refractivity contribution is 7.80. The van der Waals surface area contributed by atoms with Crippen LogP contribution in [0.4, 0.5) is 5.69 Å². The fourth-order valence-electron chi connectivity index (χ4n) is 1.70. The second-order valence-electron chi connectivity index (χ2n) is 3.99. The molecule has 1 amide bonds. The number of thiocarbonyl (C=S) groups is 1. The van der Waals surface area contributed by atoms with Gasteiger partial charge in [-0.25, -0.2) is 0 Å². The number of carbonyl (C=O) groups is 1. The molecule has 1 unspecified atom stereocenters. The van der Waals surface area contributed by atoms with Gasteiger partial charge in [0.25, 0.3) is 0 Å². The molecule has 1 saturated heterocycles. The molecule has 5 heteroatoms. The second-order valence-corrected chi connectivity index (χ2v) is 4.43. The molecule has 0 spiro atoms. The fourth-order valence-corrected chi connectivity index (χ4v) is 1.84. The van der Waals surface area contributed by atoms with E-state index >= 15 is 0 Å². The van der Waals surface area contributed by atoms with Gasteiger partial charge in [-0.1, -0.05) is 12.2 Å².